The smallest absolute Gasteiger partial charge is 0.274 e. The van der Waals surface area contributed by atoms with E-state index in [9.17, 15) is 4.79 Å². The minimum atomic E-state index is -0.191. The summed E-state index contributed by atoms with van der Waals surface area (Å²) >= 11 is 0. The molecule has 3 rings (SSSR count). The van der Waals surface area contributed by atoms with Gasteiger partial charge in [0.25, 0.3) is 5.91 Å². The molecule has 0 radical (unpaired) electrons. The molecule has 1 aliphatic heterocycles. The first kappa shape index (κ1) is 15.4. The van der Waals surface area contributed by atoms with E-state index in [2.05, 4.69) is 20.6 Å². The molecule has 0 bridgehead atoms. The molecule has 1 aliphatic rings. The molecule has 1 fully saturated rings. The van der Waals surface area contributed by atoms with Gasteiger partial charge in [0, 0.05) is 31.2 Å². The molecule has 0 aliphatic carbocycles. The second-order valence-electron chi connectivity index (χ2n) is 5.51. The van der Waals surface area contributed by atoms with E-state index in [0.717, 1.165) is 31.5 Å². The zero-order chi connectivity index (χ0) is 15.9. The highest BCUT2D eigenvalue weighted by Crippen LogP contribution is 2.17. The van der Waals surface area contributed by atoms with Gasteiger partial charge in [-0.2, -0.15) is 0 Å². The van der Waals surface area contributed by atoms with Crippen LogP contribution < -0.4 is 15.4 Å². The first-order valence-electron chi connectivity index (χ1n) is 7.81. The summed E-state index contributed by atoms with van der Waals surface area (Å²) in [7, 11) is 0. The van der Waals surface area contributed by atoms with Gasteiger partial charge in [-0.1, -0.05) is 0 Å². The Bertz CT molecular complexity index is 642. The lowest BCUT2D eigenvalue weighted by molar-refractivity contribution is 0.0920. The van der Waals surface area contributed by atoms with Gasteiger partial charge in [0.15, 0.2) is 11.4 Å². The average Bonchev–Trinajstić information content (AvgIpc) is 2.62. The van der Waals surface area contributed by atoms with Crippen LogP contribution in [0.3, 0.4) is 0 Å². The van der Waals surface area contributed by atoms with Crippen LogP contribution in [0.5, 0.6) is 5.75 Å². The monoisotopic (exact) mass is 312 g/mol. The van der Waals surface area contributed by atoms with Gasteiger partial charge in [-0.15, -0.1) is 0 Å². The summed E-state index contributed by atoms with van der Waals surface area (Å²) in [6, 6.07) is 7.43. The summed E-state index contributed by atoms with van der Waals surface area (Å²) in [5.41, 5.74) is 1.32. The molecule has 0 aromatic carbocycles. The topological polar surface area (TPSA) is 76.1 Å². The number of nitrogens with one attached hydrogen (secondary N) is 2. The number of carbonyl (C=O) groups excluding carboxylic acids is 1. The standard InChI is InChI=1S/C17H20N4O2/c22-17(21-14-3-1-7-19-11-14)16-15(4-2-8-20-16)23-12-13-5-9-18-10-6-13/h2,4-6,8-10,14,19H,1,3,7,11-12H2,(H,21,22). The van der Waals surface area contributed by atoms with Crippen molar-refractivity contribution in [2.45, 2.75) is 25.5 Å². The summed E-state index contributed by atoms with van der Waals surface area (Å²) in [5.74, 6) is 0.301. The van der Waals surface area contributed by atoms with E-state index in [0.29, 0.717) is 18.1 Å². The number of hydrogen-bond donors (Lipinski definition) is 2. The molecule has 1 amide bonds. The molecule has 1 atom stereocenters. The third kappa shape index (κ3) is 4.26. The van der Waals surface area contributed by atoms with Gasteiger partial charge in [-0.25, -0.2) is 4.98 Å². The minimum Gasteiger partial charge on any atom is -0.486 e. The van der Waals surface area contributed by atoms with Crippen LogP contribution in [0.4, 0.5) is 0 Å². The average molecular weight is 312 g/mol. The van der Waals surface area contributed by atoms with Gasteiger partial charge in [-0.3, -0.25) is 9.78 Å². The fourth-order valence-corrected chi connectivity index (χ4v) is 2.55. The van der Waals surface area contributed by atoms with Crippen LogP contribution in [0.15, 0.2) is 42.9 Å². The zero-order valence-electron chi connectivity index (χ0n) is 12.9. The molecule has 1 saturated heterocycles. The number of ether oxygens (including phenoxy) is 1. The van der Waals surface area contributed by atoms with Crippen LogP contribution in [0.2, 0.25) is 0 Å². The van der Waals surface area contributed by atoms with E-state index in [1.54, 1.807) is 30.7 Å². The molecule has 120 valence electrons. The largest absolute Gasteiger partial charge is 0.486 e. The molecule has 2 aromatic heterocycles. The van der Waals surface area contributed by atoms with Crippen LogP contribution in [0.25, 0.3) is 0 Å². The number of amides is 1. The Balaban J connectivity index is 1.65. The predicted molar refractivity (Wildman–Crippen MR) is 86.2 cm³/mol. The van der Waals surface area contributed by atoms with Crippen molar-refractivity contribution < 1.29 is 9.53 Å². The van der Waals surface area contributed by atoms with Crippen molar-refractivity contribution in [3.8, 4) is 5.75 Å². The Kier molecular flexibility index (Phi) is 5.16. The quantitative estimate of drug-likeness (QED) is 0.876. The summed E-state index contributed by atoms with van der Waals surface area (Å²) in [6.45, 7) is 2.18. The van der Waals surface area contributed by atoms with E-state index in [-0.39, 0.29) is 11.9 Å². The van der Waals surface area contributed by atoms with Crippen molar-refractivity contribution >= 4 is 5.91 Å². The number of piperidine rings is 1. The fourth-order valence-electron chi connectivity index (χ4n) is 2.55. The zero-order valence-corrected chi connectivity index (χ0v) is 12.9. The van der Waals surface area contributed by atoms with Crippen molar-refractivity contribution in [1.29, 1.82) is 0 Å². The highest BCUT2D eigenvalue weighted by Gasteiger charge is 2.19. The second-order valence-corrected chi connectivity index (χ2v) is 5.51. The SMILES string of the molecule is O=C(NC1CCCNC1)c1ncccc1OCc1ccncc1. The van der Waals surface area contributed by atoms with E-state index < -0.39 is 0 Å². The number of pyridine rings is 2. The highest BCUT2D eigenvalue weighted by atomic mass is 16.5. The normalized spacial score (nSPS) is 17.5. The third-order valence-corrected chi connectivity index (χ3v) is 3.76. The third-order valence-electron chi connectivity index (χ3n) is 3.76. The van der Waals surface area contributed by atoms with Crippen LogP contribution in [0.1, 0.15) is 28.9 Å². The van der Waals surface area contributed by atoms with Crippen molar-refractivity contribution in [2.75, 3.05) is 13.1 Å². The Morgan fingerprint density at radius 1 is 1.30 bits per heavy atom. The maximum atomic E-state index is 12.5. The number of aromatic nitrogens is 2. The highest BCUT2D eigenvalue weighted by molar-refractivity contribution is 5.95. The number of rotatable bonds is 5. The Morgan fingerprint density at radius 2 is 2.17 bits per heavy atom. The maximum absolute atomic E-state index is 12.5. The summed E-state index contributed by atoms with van der Waals surface area (Å²) in [6.07, 6.45) is 7.09. The van der Waals surface area contributed by atoms with Gasteiger partial charge >= 0.3 is 0 Å². The van der Waals surface area contributed by atoms with Gasteiger partial charge in [0.05, 0.1) is 0 Å². The van der Waals surface area contributed by atoms with Gasteiger partial charge in [0.1, 0.15) is 6.61 Å². The Morgan fingerprint density at radius 3 is 2.96 bits per heavy atom. The lowest BCUT2D eigenvalue weighted by Gasteiger charge is -2.23. The molecule has 3 heterocycles. The van der Waals surface area contributed by atoms with Crippen LogP contribution in [-0.2, 0) is 6.61 Å². The molecule has 2 N–H and O–H groups in total. The van der Waals surface area contributed by atoms with Crippen molar-refractivity contribution in [2.24, 2.45) is 0 Å². The Labute approximate surface area is 135 Å². The summed E-state index contributed by atoms with van der Waals surface area (Å²) in [4.78, 5) is 20.6. The number of carbonyl (C=O) groups is 1. The van der Waals surface area contributed by atoms with Crippen LogP contribution >= 0.6 is 0 Å². The van der Waals surface area contributed by atoms with E-state index in [1.807, 2.05) is 12.1 Å². The molecular weight excluding hydrogens is 292 g/mol. The molecule has 0 spiro atoms. The summed E-state index contributed by atoms with van der Waals surface area (Å²) in [5, 5.41) is 6.30. The summed E-state index contributed by atoms with van der Waals surface area (Å²) < 4.78 is 5.77. The lowest BCUT2D eigenvalue weighted by atomic mass is 10.1. The molecule has 0 saturated carbocycles. The van der Waals surface area contributed by atoms with E-state index in [1.165, 1.54) is 0 Å². The fraction of sp³-hybridized carbons (Fsp3) is 0.353. The molecule has 6 heteroatoms. The van der Waals surface area contributed by atoms with Crippen LogP contribution in [-0.4, -0.2) is 35.0 Å². The van der Waals surface area contributed by atoms with Crippen molar-refractivity contribution in [1.82, 2.24) is 20.6 Å². The molecule has 23 heavy (non-hydrogen) atoms. The first-order chi connectivity index (χ1) is 11.3. The van der Waals surface area contributed by atoms with E-state index >= 15 is 0 Å². The Hall–Kier alpha value is -2.47. The maximum Gasteiger partial charge on any atom is 0.274 e. The van der Waals surface area contributed by atoms with Gasteiger partial charge in [0.2, 0.25) is 0 Å². The molecular formula is C17H20N4O2. The second kappa shape index (κ2) is 7.69. The lowest BCUT2D eigenvalue weighted by Crippen LogP contribution is -2.45. The number of nitrogens with zero attached hydrogens (tertiary/aromatic N) is 2. The van der Waals surface area contributed by atoms with Crippen LogP contribution in [0, 0.1) is 0 Å². The predicted octanol–water partition coefficient (Wildman–Crippen LogP) is 1.54. The number of hydrogen-bond acceptors (Lipinski definition) is 5. The van der Waals surface area contributed by atoms with E-state index in [4.69, 9.17) is 4.74 Å². The first-order valence-corrected chi connectivity index (χ1v) is 7.81. The minimum absolute atomic E-state index is 0.145. The molecule has 2 aromatic rings. The van der Waals surface area contributed by atoms with Crippen molar-refractivity contribution in [3.63, 3.8) is 0 Å². The van der Waals surface area contributed by atoms with Crippen molar-refractivity contribution in [3.05, 3.63) is 54.1 Å². The van der Waals surface area contributed by atoms with Gasteiger partial charge in [-0.05, 0) is 49.2 Å². The molecule has 6 nitrogen and oxygen atoms in total. The van der Waals surface area contributed by atoms with Gasteiger partial charge < -0.3 is 15.4 Å². The molecule has 1 unspecified atom stereocenters.